The SMILES string of the molecule is CCCN(Cc1ccc(F)cc1)C(=O)NCCCC(=O)O. The standard InChI is InChI=1S/C15H21FN2O3/c1-2-10-18(11-12-5-7-13(16)8-6-12)15(21)17-9-3-4-14(19)20/h5-8H,2-4,9-11H2,1H3,(H,17,21)(H,19,20). The highest BCUT2D eigenvalue weighted by Crippen LogP contribution is 2.07. The fourth-order valence-corrected chi connectivity index (χ4v) is 1.88. The summed E-state index contributed by atoms with van der Waals surface area (Å²) in [5.74, 6) is -1.18. The lowest BCUT2D eigenvalue weighted by molar-refractivity contribution is -0.137. The minimum Gasteiger partial charge on any atom is -0.481 e. The predicted octanol–water partition coefficient (Wildman–Crippen LogP) is 2.61. The van der Waals surface area contributed by atoms with E-state index in [1.807, 2.05) is 6.92 Å². The molecule has 1 aromatic rings. The number of amides is 2. The van der Waals surface area contributed by atoms with E-state index in [9.17, 15) is 14.0 Å². The van der Waals surface area contributed by atoms with Crippen LogP contribution in [-0.4, -0.2) is 35.1 Å². The van der Waals surface area contributed by atoms with Crippen LogP contribution in [0.25, 0.3) is 0 Å². The molecule has 0 aliphatic carbocycles. The second-order valence-electron chi connectivity index (χ2n) is 4.78. The Labute approximate surface area is 123 Å². The van der Waals surface area contributed by atoms with Crippen molar-refractivity contribution in [3.8, 4) is 0 Å². The van der Waals surface area contributed by atoms with E-state index in [2.05, 4.69) is 5.32 Å². The summed E-state index contributed by atoms with van der Waals surface area (Å²) in [7, 11) is 0. The molecule has 21 heavy (non-hydrogen) atoms. The Morgan fingerprint density at radius 2 is 1.95 bits per heavy atom. The van der Waals surface area contributed by atoms with Crippen molar-refractivity contribution in [1.82, 2.24) is 10.2 Å². The summed E-state index contributed by atoms with van der Waals surface area (Å²) in [6.45, 7) is 3.28. The molecule has 0 unspecified atom stereocenters. The molecule has 0 radical (unpaired) electrons. The summed E-state index contributed by atoms with van der Waals surface area (Å²) in [5, 5.41) is 11.2. The maximum Gasteiger partial charge on any atom is 0.317 e. The lowest BCUT2D eigenvalue weighted by Gasteiger charge is -2.22. The normalized spacial score (nSPS) is 10.2. The Morgan fingerprint density at radius 3 is 2.52 bits per heavy atom. The molecule has 0 bridgehead atoms. The van der Waals surface area contributed by atoms with Gasteiger partial charge in [-0.3, -0.25) is 4.79 Å². The largest absolute Gasteiger partial charge is 0.481 e. The van der Waals surface area contributed by atoms with Crippen molar-refractivity contribution in [2.24, 2.45) is 0 Å². The molecular weight excluding hydrogens is 275 g/mol. The summed E-state index contributed by atoms with van der Waals surface area (Å²) in [6, 6.07) is 5.80. The first-order chi connectivity index (χ1) is 10.0. The molecule has 6 heteroatoms. The number of carboxylic acids is 1. The Hall–Kier alpha value is -2.11. The molecule has 5 nitrogen and oxygen atoms in total. The zero-order chi connectivity index (χ0) is 15.7. The molecular formula is C15H21FN2O3. The molecule has 0 aliphatic rings. The topological polar surface area (TPSA) is 69.6 Å². The molecule has 1 rings (SSSR count). The number of carbonyl (C=O) groups excluding carboxylic acids is 1. The third kappa shape index (κ3) is 6.74. The monoisotopic (exact) mass is 296 g/mol. The Balaban J connectivity index is 2.49. The highest BCUT2D eigenvalue weighted by molar-refractivity contribution is 5.74. The maximum absolute atomic E-state index is 12.9. The lowest BCUT2D eigenvalue weighted by Crippen LogP contribution is -2.40. The maximum atomic E-state index is 12.9. The van der Waals surface area contributed by atoms with Crippen LogP contribution in [0.2, 0.25) is 0 Å². The Morgan fingerprint density at radius 1 is 1.29 bits per heavy atom. The van der Waals surface area contributed by atoms with E-state index in [1.54, 1.807) is 17.0 Å². The van der Waals surface area contributed by atoms with E-state index in [4.69, 9.17) is 5.11 Å². The second kappa shape index (κ2) is 8.94. The minimum absolute atomic E-state index is 0.0337. The number of nitrogens with zero attached hydrogens (tertiary/aromatic N) is 1. The highest BCUT2D eigenvalue weighted by Gasteiger charge is 2.12. The number of nitrogens with one attached hydrogen (secondary N) is 1. The first-order valence-corrected chi connectivity index (χ1v) is 7.02. The van der Waals surface area contributed by atoms with Crippen molar-refractivity contribution in [2.45, 2.75) is 32.7 Å². The lowest BCUT2D eigenvalue weighted by atomic mass is 10.2. The number of rotatable bonds is 8. The molecule has 2 N–H and O–H groups in total. The van der Waals surface area contributed by atoms with Crippen LogP contribution in [0.5, 0.6) is 0 Å². The smallest absolute Gasteiger partial charge is 0.317 e. The zero-order valence-corrected chi connectivity index (χ0v) is 12.1. The van der Waals surface area contributed by atoms with Gasteiger partial charge in [-0.05, 0) is 30.5 Å². The molecule has 0 saturated carbocycles. The molecule has 0 saturated heterocycles. The van der Waals surface area contributed by atoms with Crippen molar-refractivity contribution in [3.63, 3.8) is 0 Å². The van der Waals surface area contributed by atoms with Gasteiger partial charge in [-0.1, -0.05) is 19.1 Å². The van der Waals surface area contributed by atoms with Crippen molar-refractivity contribution >= 4 is 12.0 Å². The van der Waals surface area contributed by atoms with E-state index < -0.39 is 5.97 Å². The number of hydrogen-bond donors (Lipinski definition) is 2. The fraction of sp³-hybridized carbons (Fsp3) is 0.467. The van der Waals surface area contributed by atoms with Gasteiger partial charge >= 0.3 is 12.0 Å². The van der Waals surface area contributed by atoms with Gasteiger partial charge in [0.25, 0.3) is 0 Å². The quantitative estimate of drug-likeness (QED) is 0.724. The molecule has 1 aromatic carbocycles. The van der Waals surface area contributed by atoms with Gasteiger partial charge in [-0.25, -0.2) is 9.18 Å². The first-order valence-electron chi connectivity index (χ1n) is 7.02. The fourth-order valence-electron chi connectivity index (χ4n) is 1.88. The highest BCUT2D eigenvalue weighted by atomic mass is 19.1. The van der Waals surface area contributed by atoms with Crippen LogP contribution in [0.15, 0.2) is 24.3 Å². The van der Waals surface area contributed by atoms with E-state index in [-0.39, 0.29) is 18.3 Å². The number of urea groups is 1. The summed E-state index contributed by atoms with van der Waals surface area (Å²) < 4.78 is 12.9. The van der Waals surface area contributed by atoms with Crippen LogP contribution in [-0.2, 0) is 11.3 Å². The van der Waals surface area contributed by atoms with Crippen LogP contribution in [0.3, 0.4) is 0 Å². The molecule has 0 heterocycles. The molecule has 0 fully saturated rings. The van der Waals surface area contributed by atoms with E-state index >= 15 is 0 Å². The summed E-state index contributed by atoms with van der Waals surface area (Å²) in [6.07, 6.45) is 1.24. The van der Waals surface area contributed by atoms with Crippen molar-refractivity contribution < 1.29 is 19.1 Å². The average molecular weight is 296 g/mol. The summed E-state index contributed by atoms with van der Waals surface area (Å²) in [4.78, 5) is 24.1. The van der Waals surface area contributed by atoms with Gasteiger partial charge in [-0.2, -0.15) is 0 Å². The summed E-state index contributed by atoms with van der Waals surface area (Å²) >= 11 is 0. The summed E-state index contributed by atoms with van der Waals surface area (Å²) in [5.41, 5.74) is 0.852. The molecule has 0 atom stereocenters. The molecule has 0 aliphatic heterocycles. The van der Waals surface area contributed by atoms with Crippen LogP contribution in [0, 0.1) is 5.82 Å². The minimum atomic E-state index is -0.874. The van der Waals surface area contributed by atoms with Crippen molar-refractivity contribution in [3.05, 3.63) is 35.6 Å². The van der Waals surface area contributed by atoms with Gasteiger partial charge in [0.15, 0.2) is 0 Å². The van der Waals surface area contributed by atoms with E-state index in [0.29, 0.717) is 26.1 Å². The van der Waals surface area contributed by atoms with Crippen LogP contribution < -0.4 is 5.32 Å². The van der Waals surface area contributed by atoms with Gasteiger partial charge in [0.2, 0.25) is 0 Å². The average Bonchev–Trinajstić information content (AvgIpc) is 2.45. The number of hydrogen-bond acceptors (Lipinski definition) is 2. The Kier molecular flexibility index (Phi) is 7.21. The van der Waals surface area contributed by atoms with E-state index in [0.717, 1.165) is 12.0 Å². The van der Waals surface area contributed by atoms with Gasteiger partial charge in [0.1, 0.15) is 5.82 Å². The van der Waals surface area contributed by atoms with Crippen LogP contribution >= 0.6 is 0 Å². The van der Waals surface area contributed by atoms with Crippen molar-refractivity contribution in [1.29, 1.82) is 0 Å². The zero-order valence-electron chi connectivity index (χ0n) is 12.1. The number of benzene rings is 1. The van der Waals surface area contributed by atoms with Gasteiger partial charge in [0, 0.05) is 26.1 Å². The van der Waals surface area contributed by atoms with Gasteiger partial charge in [0.05, 0.1) is 0 Å². The molecule has 116 valence electrons. The number of halogens is 1. The number of carbonyl (C=O) groups is 2. The van der Waals surface area contributed by atoms with Crippen LogP contribution in [0.4, 0.5) is 9.18 Å². The van der Waals surface area contributed by atoms with E-state index in [1.165, 1.54) is 12.1 Å². The molecule has 0 aromatic heterocycles. The molecule has 2 amide bonds. The number of carboxylic acid groups (broad SMARTS) is 1. The predicted molar refractivity (Wildman–Crippen MR) is 77.4 cm³/mol. The third-order valence-corrected chi connectivity index (χ3v) is 2.91. The van der Waals surface area contributed by atoms with Crippen LogP contribution in [0.1, 0.15) is 31.7 Å². The Bertz CT molecular complexity index is 462. The number of aliphatic carboxylic acids is 1. The third-order valence-electron chi connectivity index (χ3n) is 2.91. The van der Waals surface area contributed by atoms with Crippen molar-refractivity contribution in [2.75, 3.05) is 13.1 Å². The van der Waals surface area contributed by atoms with Gasteiger partial charge in [-0.15, -0.1) is 0 Å². The first kappa shape index (κ1) is 16.9. The second-order valence-corrected chi connectivity index (χ2v) is 4.78. The molecule has 0 spiro atoms. The van der Waals surface area contributed by atoms with Gasteiger partial charge < -0.3 is 15.3 Å².